The van der Waals surface area contributed by atoms with Crippen LogP contribution in [0.4, 0.5) is 32.0 Å². The van der Waals surface area contributed by atoms with E-state index in [2.05, 4.69) is 15.5 Å². The average molecular weight is 491 g/mol. The predicted molar refractivity (Wildman–Crippen MR) is 118 cm³/mol. The molecule has 35 heavy (non-hydrogen) atoms. The molecule has 1 N–H and O–H groups in total. The standard InChI is InChI=1S/C25H19F6N3O/c1-14(35)15-6-5-7-16(10-15)22-20-8-3-4-9-21(20)23(2,34-33-22)32-19-12-17(24(26,27)28)11-18(13-19)25(29,30)31/h3-13,21,32H,1-2H3. The van der Waals surface area contributed by atoms with Crippen LogP contribution in [-0.2, 0) is 12.4 Å². The summed E-state index contributed by atoms with van der Waals surface area (Å²) in [5, 5.41) is 11.3. The van der Waals surface area contributed by atoms with Gasteiger partial charge in [-0.1, -0.05) is 42.5 Å². The number of azo groups is 1. The summed E-state index contributed by atoms with van der Waals surface area (Å²) in [5.41, 5.74) is -2.44. The van der Waals surface area contributed by atoms with Crippen LogP contribution in [0.3, 0.4) is 0 Å². The fourth-order valence-corrected chi connectivity index (χ4v) is 4.06. The lowest BCUT2D eigenvalue weighted by Crippen LogP contribution is -2.42. The Balaban J connectivity index is 1.76. The number of benzene rings is 2. The Kier molecular flexibility index (Phi) is 5.94. The van der Waals surface area contributed by atoms with Crippen LogP contribution in [0.1, 0.15) is 40.9 Å². The highest BCUT2D eigenvalue weighted by Crippen LogP contribution is 2.44. The Labute approximate surface area is 196 Å². The van der Waals surface area contributed by atoms with Crippen LogP contribution in [0, 0.1) is 5.92 Å². The summed E-state index contributed by atoms with van der Waals surface area (Å²) in [6.45, 7) is 2.97. The minimum Gasteiger partial charge on any atom is -0.359 e. The Hall–Kier alpha value is -3.69. The zero-order valence-electron chi connectivity index (χ0n) is 18.5. The summed E-state index contributed by atoms with van der Waals surface area (Å²) in [6.07, 6.45) is -2.99. The average Bonchev–Trinajstić information content (AvgIpc) is 2.78. The molecule has 0 radical (unpaired) electrons. The second-order valence-corrected chi connectivity index (χ2v) is 8.43. The van der Waals surface area contributed by atoms with Crippen LogP contribution in [0.15, 0.2) is 82.6 Å². The first-order chi connectivity index (χ1) is 16.3. The molecule has 1 heterocycles. The van der Waals surface area contributed by atoms with Gasteiger partial charge in [0, 0.05) is 22.7 Å². The number of rotatable bonds is 4. The van der Waals surface area contributed by atoms with Crippen molar-refractivity contribution < 1.29 is 31.1 Å². The van der Waals surface area contributed by atoms with Crippen molar-refractivity contribution >= 4 is 17.2 Å². The zero-order valence-corrected chi connectivity index (χ0v) is 18.5. The van der Waals surface area contributed by atoms with Crippen molar-refractivity contribution in [2.75, 3.05) is 5.32 Å². The smallest absolute Gasteiger partial charge is 0.359 e. The maximum atomic E-state index is 13.3. The molecule has 182 valence electrons. The molecular weight excluding hydrogens is 472 g/mol. The van der Waals surface area contributed by atoms with E-state index in [4.69, 9.17) is 0 Å². The highest BCUT2D eigenvalue weighted by atomic mass is 19.4. The molecule has 1 aliphatic carbocycles. The van der Waals surface area contributed by atoms with Gasteiger partial charge in [-0.15, -0.1) is 0 Å². The van der Waals surface area contributed by atoms with E-state index in [1.807, 2.05) is 0 Å². The Morgan fingerprint density at radius 3 is 2.23 bits per heavy atom. The van der Waals surface area contributed by atoms with Crippen LogP contribution in [0.2, 0.25) is 0 Å². The maximum Gasteiger partial charge on any atom is 0.416 e. The lowest BCUT2D eigenvalue weighted by molar-refractivity contribution is -0.143. The molecule has 0 amide bonds. The molecule has 4 rings (SSSR count). The number of nitrogens with one attached hydrogen (secondary N) is 1. The van der Waals surface area contributed by atoms with Crippen molar-refractivity contribution in [2.45, 2.75) is 31.9 Å². The Morgan fingerprint density at radius 2 is 1.63 bits per heavy atom. The van der Waals surface area contributed by atoms with Gasteiger partial charge in [-0.25, -0.2) is 0 Å². The quantitative estimate of drug-likeness (QED) is 0.352. The van der Waals surface area contributed by atoms with Gasteiger partial charge in [0.15, 0.2) is 11.4 Å². The van der Waals surface area contributed by atoms with E-state index in [0.717, 1.165) is 0 Å². The monoisotopic (exact) mass is 491 g/mol. The topological polar surface area (TPSA) is 53.8 Å². The number of ketones is 1. The Morgan fingerprint density at radius 1 is 0.971 bits per heavy atom. The van der Waals surface area contributed by atoms with Gasteiger partial charge in [0.05, 0.1) is 16.8 Å². The third kappa shape index (κ3) is 4.91. The number of allylic oxidation sites excluding steroid dienone is 3. The lowest BCUT2D eigenvalue weighted by Gasteiger charge is -2.38. The zero-order chi connectivity index (χ0) is 25.6. The number of carbonyl (C=O) groups excluding carboxylic acids is 1. The number of halogens is 6. The number of carbonyl (C=O) groups is 1. The van der Waals surface area contributed by atoms with Gasteiger partial charge in [0.1, 0.15) is 0 Å². The molecule has 0 fully saturated rings. The minimum atomic E-state index is -4.97. The molecule has 0 saturated carbocycles. The first kappa shape index (κ1) is 24.4. The number of anilines is 1. The van der Waals surface area contributed by atoms with Gasteiger partial charge in [-0.2, -0.15) is 36.6 Å². The molecule has 2 aliphatic rings. The second-order valence-electron chi connectivity index (χ2n) is 8.43. The molecule has 2 aromatic carbocycles. The first-order valence-electron chi connectivity index (χ1n) is 10.5. The summed E-state index contributed by atoms with van der Waals surface area (Å²) in [6, 6.07) is 8.06. The van der Waals surface area contributed by atoms with Crippen LogP contribution in [0.5, 0.6) is 0 Å². The van der Waals surface area contributed by atoms with Gasteiger partial charge in [0.2, 0.25) is 0 Å². The number of fused-ring (bicyclic) bond motifs is 1. The van der Waals surface area contributed by atoms with E-state index in [-0.39, 0.29) is 11.8 Å². The molecule has 0 bridgehead atoms. The normalized spacial score (nSPS) is 21.8. The molecule has 0 saturated heterocycles. The largest absolute Gasteiger partial charge is 0.416 e. The molecule has 2 unspecified atom stereocenters. The van der Waals surface area contributed by atoms with Crippen molar-refractivity contribution in [3.05, 3.63) is 94.6 Å². The summed E-state index contributed by atoms with van der Waals surface area (Å²) < 4.78 is 79.9. The SMILES string of the molecule is CC(=O)c1cccc(C2=C3C=CC=CC3C(C)(Nc3cc(C(F)(F)F)cc(C(F)(F)F)c3)N=N2)c1. The second kappa shape index (κ2) is 8.51. The van der Waals surface area contributed by atoms with Gasteiger partial charge < -0.3 is 5.32 Å². The van der Waals surface area contributed by atoms with E-state index in [1.54, 1.807) is 55.5 Å². The Bertz CT molecular complexity index is 1270. The molecule has 2 aromatic rings. The summed E-state index contributed by atoms with van der Waals surface area (Å²) >= 11 is 0. The lowest BCUT2D eigenvalue weighted by atomic mass is 9.81. The summed E-state index contributed by atoms with van der Waals surface area (Å²) in [5.74, 6) is -0.706. The van der Waals surface area contributed by atoms with Gasteiger partial charge in [0.25, 0.3) is 0 Å². The van der Waals surface area contributed by atoms with Crippen LogP contribution >= 0.6 is 0 Å². The van der Waals surface area contributed by atoms with Crippen LogP contribution < -0.4 is 5.32 Å². The van der Waals surface area contributed by atoms with E-state index in [9.17, 15) is 31.1 Å². The van der Waals surface area contributed by atoms with Crippen molar-refractivity contribution in [3.63, 3.8) is 0 Å². The highest BCUT2D eigenvalue weighted by molar-refractivity contribution is 5.95. The first-order valence-corrected chi connectivity index (χ1v) is 10.5. The third-order valence-electron chi connectivity index (χ3n) is 5.79. The number of hydrogen-bond donors (Lipinski definition) is 1. The van der Waals surface area contributed by atoms with E-state index in [0.29, 0.717) is 34.5 Å². The van der Waals surface area contributed by atoms with Crippen LogP contribution in [0.25, 0.3) is 5.70 Å². The third-order valence-corrected chi connectivity index (χ3v) is 5.79. The molecule has 0 spiro atoms. The van der Waals surface area contributed by atoms with Crippen molar-refractivity contribution in [1.82, 2.24) is 0 Å². The van der Waals surface area contributed by atoms with Crippen molar-refractivity contribution in [3.8, 4) is 0 Å². The van der Waals surface area contributed by atoms with E-state index < -0.39 is 40.7 Å². The minimum absolute atomic E-state index is 0.0740. The predicted octanol–water partition coefficient (Wildman–Crippen LogP) is 7.67. The van der Waals surface area contributed by atoms with Gasteiger partial charge in [-0.3, -0.25) is 4.79 Å². The van der Waals surface area contributed by atoms with Crippen LogP contribution in [-0.4, -0.2) is 11.4 Å². The molecule has 1 aliphatic heterocycles. The molecule has 4 nitrogen and oxygen atoms in total. The van der Waals surface area contributed by atoms with Crippen molar-refractivity contribution in [1.29, 1.82) is 0 Å². The molecule has 10 heteroatoms. The van der Waals surface area contributed by atoms with E-state index >= 15 is 0 Å². The fourth-order valence-electron chi connectivity index (χ4n) is 4.06. The fraction of sp³-hybridized carbons (Fsp3) is 0.240. The number of hydrogen-bond acceptors (Lipinski definition) is 4. The number of alkyl halides is 6. The van der Waals surface area contributed by atoms with E-state index in [1.165, 1.54) is 6.92 Å². The number of Topliss-reactive ketones (excluding diaryl/α,β-unsaturated/α-hetero) is 1. The van der Waals surface area contributed by atoms with Gasteiger partial charge >= 0.3 is 12.4 Å². The van der Waals surface area contributed by atoms with Gasteiger partial charge in [-0.05, 0) is 43.7 Å². The van der Waals surface area contributed by atoms with Crippen molar-refractivity contribution in [2.24, 2.45) is 16.1 Å². The molecular formula is C25H19F6N3O. The molecule has 0 aromatic heterocycles. The number of nitrogens with zero attached hydrogens (tertiary/aromatic N) is 2. The summed E-state index contributed by atoms with van der Waals surface area (Å²) in [7, 11) is 0. The summed E-state index contributed by atoms with van der Waals surface area (Å²) in [4.78, 5) is 11.8. The maximum absolute atomic E-state index is 13.3. The molecule has 2 atom stereocenters. The highest BCUT2D eigenvalue weighted by Gasteiger charge is 2.42.